The van der Waals surface area contributed by atoms with Gasteiger partial charge in [-0.15, -0.1) is 6.42 Å². The van der Waals surface area contributed by atoms with Crippen LogP contribution in [0.1, 0.15) is 30.4 Å². The number of carboxylic acids is 1. The summed E-state index contributed by atoms with van der Waals surface area (Å²) in [6, 6.07) is 13.9. The van der Waals surface area contributed by atoms with Crippen LogP contribution in [0, 0.1) is 12.3 Å². The van der Waals surface area contributed by atoms with E-state index in [9.17, 15) is 23.1 Å². The van der Waals surface area contributed by atoms with Crippen LogP contribution in [0.3, 0.4) is 0 Å². The highest BCUT2D eigenvalue weighted by Crippen LogP contribution is 2.12. The molecule has 0 aliphatic heterocycles. The zero-order valence-electron chi connectivity index (χ0n) is 16.4. The predicted octanol–water partition coefficient (Wildman–Crippen LogP) is 1.93. The van der Waals surface area contributed by atoms with Crippen LogP contribution >= 0.6 is 0 Å². The average Bonchev–Trinajstić information content (AvgIpc) is 2.74. The lowest BCUT2D eigenvalue weighted by molar-refractivity contribution is -0.139. The van der Waals surface area contributed by atoms with Crippen molar-refractivity contribution in [2.24, 2.45) is 0 Å². The summed E-state index contributed by atoms with van der Waals surface area (Å²) in [5, 5.41) is 12.1. The minimum absolute atomic E-state index is 0.0990. The zero-order chi connectivity index (χ0) is 22.0. The van der Waals surface area contributed by atoms with Crippen molar-refractivity contribution < 1.29 is 23.1 Å². The highest BCUT2D eigenvalue weighted by molar-refractivity contribution is 7.89. The van der Waals surface area contributed by atoms with Crippen LogP contribution in [-0.4, -0.2) is 38.0 Å². The van der Waals surface area contributed by atoms with Gasteiger partial charge in [-0.05, 0) is 49.1 Å². The van der Waals surface area contributed by atoms with E-state index in [1.807, 2.05) is 30.3 Å². The fourth-order valence-electron chi connectivity index (χ4n) is 2.75. The first-order chi connectivity index (χ1) is 14.3. The normalized spacial score (nSPS) is 12.0. The third kappa shape index (κ3) is 7.35. The van der Waals surface area contributed by atoms with Gasteiger partial charge in [0.15, 0.2) is 0 Å². The van der Waals surface area contributed by atoms with Crippen molar-refractivity contribution in [1.29, 1.82) is 0 Å². The molecule has 0 saturated heterocycles. The topological polar surface area (TPSA) is 113 Å². The van der Waals surface area contributed by atoms with Crippen molar-refractivity contribution in [2.75, 3.05) is 6.54 Å². The number of carbonyl (C=O) groups is 2. The second-order valence-electron chi connectivity index (χ2n) is 6.66. The molecule has 0 radical (unpaired) electrons. The molecule has 7 nitrogen and oxygen atoms in total. The molecule has 2 rings (SSSR count). The number of aliphatic carboxylic acids is 1. The molecule has 8 heteroatoms. The lowest BCUT2D eigenvalue weighted by atomic mass is 10.1. The Morgan fingerprint density at radius 3 is 2.33 bits per heavy atom. The molecule has 0 unspecified atom stereocenters. The Bertz CT molecular complexity index is 996. The van der Waals surface area contributed by atoms with Gasteiger partial charge in [-0.25, -0.2) is 8.42 Å². The molecule has 0 aromatic heterocycles. The van der Waals surface area contributed by atoms with Gasteiger partial charge in [-0.2, -0.15) is 4.72 Å². The van der Waals surface area contributed by atoms with E-state index in [1.165, 1.54) is 29.8 Å². The zero-order valence-corrected chi connectivity index (χ0v) is 17.2. The number of amides is 1. The van der Waals surface area contributed by atoms with E-state index >= 15 is 0 Å². The molecule has 2 aromatic rings. The highest BCUT2D eigenvalue weighted by atomic mass is 32.2. The van der Waals surface area contributed by atoms with Crippen molar-refractivity contribution in [3.63, 3.8) is 0 Å². The standard InChI is InChI=1S/C22H24N2O5S/c1-2-17-10-12-19(13-11-17)30(28,29)24-20(22(26)27)14-15-21(25)23-16-6-9-18-7-4-3-5-8-18/h1,3-5,7-8,10-13,20,24H,6,9,14-16H2,(H,23,25)(H,26,27)/t20-/m1/s1. The number of terminal acetylenes is 1. The number of hydrogen-bond acceptors (Lipinski definition) is 4. The minimum Gasteiger partial charge on any atom is -0.480 e. The van der Waals surface area contributed by atoms with E-state index in [4.69, 9.17) is 6.42 Å². The molecule has 2 aromatic carbocycles. The number of aryl methyl sites for hydroxylation is 1. The van der Waals surface area contributed by atoms with Gasteiger partial charge >= 0.3 is 5.97 Å². The van der Waals surface area contributed by atoms with Gasteiger partial charge in [0.25, 0.3) is 0 Å². The molecule has 0 spiro atoms. The summed E-state index contributed by atoms with van der Waals surface area (Å²) in [4.78, 5) is 23.3. The summed E-state index contributed by atoms with van der Waals surface area (Å²) in [6.07, 6.45) is 6.53. The molecule has 3 N–H and O–H groups in total. The van der Waals surface area contributed by atoms with Gasteiger partial charge < -0.3 is 10.4 Å². The highest BCUT2D eigenvalue weighted by Gasteiger charge is 2.26. The number of sulfonamides is 1. The molecule has 1 amide bonds. The number of nitrogens with one attached hydrogen (secondary N) is 2. The second-order valence-corrected chi connectivity index (χ2v) is 8.37. The fraction of sp³-hybridized carbons (Fsp3) is 0.273. The van der Waals surface area contributed by atoms with Gasteiger partial charge in [0.1, 0.15) is 6.04 Å². The lowest BCUT2D eigenvalue weighted by Gasteiger charge is -2.15. The van der Waals surface area contributed by atoms with E-state index in [1.54, 1.807) is 0 Å². The minimum atomic E-state index is -4.06. The van der Waals surface area contributed by atoms with E-state index in [0.29, 0.717) is 12.1 Å². The van der Waals surface area contributed by atoms with Crippen molar-refractivity contribution in [3.05, 3.63) is 65.7 Å². The Labute approximate surface area is 176 Å². The fourth-order valence-corrected chi connectivity index (χ4v) is 3.97. The predicted molar refractivity (Wildman–Crippen MR) is 113 cm³/mol. The molecule has 30 heavy (non-hydrogen) atoms. The third-order valence-electron chi connectivity index (χ3n) is 4.39. The van der Waals surface area contributed by atoms with Gasteiger partial charge in [-0.3, -0.25) is 9.59 Å². The Morgan fingerprint density at radius 1 is 1.07 bits per heavy atom. The largest absolute Gasteiger partial charge is 0.480 e. The molecule has 158 valence electrons. The third-order valence-corrected chi connectivity index (χ3v) is 5.88. The first kappa shape index (κ1) is 23.1. The first-order valence-electron chi connectivity index (χ1n) is 9.44. The number of rotatable bonds is 11. The summed E-state index contributed by atoms with van der Waals surface area (Å²) in [5.74, 6) is 0.696. The Hall–Kier alpha value is -3.15. The van der Waals surface area contributed by atoms with Crippen LogP contribution in [0.25, 0.3) is 0 Å². The number of carboxylic acid groups (broad SMARTS) is 1. The molecule has 0 aliphatic rings. The van der Waals surface area contributed by atoms with Gasteiger partial charge in [0.05, 0.1) is 4.90 Å². The SMILES string of the molecule is C#Cc1ccc(S(=O)(=O)N[C@H](CCC(=O)NCCCc2ccccc2)C(=O)O)cc1. The average molecular weight is 429 g/mol. The second kappa shape index (κ2) is 11.1. The number of carbonyl (C=O) groups excluding carboxylic acids is 1. The smallest absolute Gasteiger partial charge is 0.321 e. The molecule has 0 fully saturated rings. The first-order valence-corrected chi connectivity index (χ1v) is 10.9. The summed E-state index contributed by atoms with van der Waals surface area (Å²) in [7, 11) is -4.06. The molecule has 1 atom stereocenters. The summed E-state index contributed by atoms with van der Waals surface area (Å²) < 4.78 is 27.0. The Kier molecular flexibility index (Phi) is 8.59. The van der Waals surface area contributed by atoms with Crippen molar-refractivity contribution in [2.45, 2.75) is 36.6 Å². The van der Waals surface area contributed by atoms with Crippen LogP contribution in [0.5, 0.6) is 0 Å². The monoisotopic (exact) mass is 428 g/mol. The maximum atomic E-state index is 12.4. The molecule has 0 saturated carbocycles. The van der Waals surface area contributed by atoms with E-state index in [-0.39, 0.29) is 23.6 Å². The van der Waals surface area contributed by atoms with Gasteiger partial charge in [-0.1, -0.05) is 36.3 Å². The number of benzene rings is 2. The Balaban J connectivity index is 1.82. The van der Waals surface area contributed by atoms with Crippen LogP contribution in [0.2, 0.25) is 0 Å². The van der Waals surface area contributed by atoms with Crippen LogP contribution in [0.15, 0.2) is 59.5 Å². The van der Waals surface area contributed by atoms with Crippen molar-refractivity contribution in [3.8, 4) is 12.3 Å². The summed E-state index contributed by atoms with van der Waals surface area (Å²) in [5.41, 5.74) is 1.68. The van der Waals surface area contributed by atoms with Gasteiger partial charge in [0.2, 0.25) is 15.9 Å². The quantitative estimate of drug-likeness (QED) is 0.374. The number of hydrogen-bond donors (Lipinski definition) is 3. The van der Waals surface area contributed by atoms with Crippen LogP contribution in [-0.2, 0) is 26.0 Å². The lowest BCUT2D eigenvalue weighted by Crippen LogP contribution is -2.41. The molecular weight excluding hydrogens is 404 g/mol. The Morgan fingerprint density at radius 2 is 1.73 bits per heavy atom. The molecule has 0 heterocycles. The molecule has 0 bridgehead atoms. The van der Waals surface area contributed by atoms with Gasteiger partial charge in [0, 0.05) is 18.5 Å². The molecule has 0 aliphatic carbocycles. The van der Waals surface area contributed by atoms with Crippen molar-refractivity contribution in [1.82, 2.24) is 10.0 Å². The van der Waals surface area contributed by atoms with Crippen LogP contribution < -0.4 is 10.0 Å². The van der Waals surface area contributed by atoms with Crippen molar-refractivity contribution >= 4 is 21.9 Å². The van der Waals surface area contributed by atoms with E-state index in [2.05, 4.69) is 16.0 Å². The maximum absolute atomic E-state index is 12.4. The van der Waals surface area contributed by atoms with E-state index < -0.39 is 22.0 Å². The molecular formula is C22H24N2O5S. The summed E-state index contributed by atoms with van der Waals surface area (Å²) >= 11 is 0. The maximum Gasteiger partial charge on any atom is 0.321 e. The van der Waals surface area contributed by atoms with E-state index in [0.717, 1.165) is 12.8 Å². The summed E-state index contributed by atoms with van der Waals surface area (Å²) in [6.45, 7) is 0.457. The van der Waals surface area contributed by atoms with Crippen LogP contribution in [0.4, 0.5) is 0 Å².